The molecule has 2 saturated heterocycles. The van der Waals surface area contributed by atoms with Crippen molar-refractivity contribution in [3.8, 4) is 0 Å². The molecule has 0 radical (unpaired) electrons. The Balaban J connectivity index is 1.72. The van der Waals surface area contributed by atoms with Gasteiger partial charge in [0.15, 0.2) is 17.5 Å². The van der Waals surface area contributed by atoms with Crippen molar-refractivity contribution < 1.29 is 61.9 Å². The maximum Gasteiger partial charge on any atom is 0.510 e. The summed E-state index contributed by atoms with van der Waals surface area (Å²) < 4.78 is 42.1. The summed E-state index contributed by atoms with van der Waals surface area (Å²) >= 11 is 0. The number of rotatable bonds is 5. The fraction of sp³-hybridized carbons (Fsp3) is 0.588. The fourth-order valence-corrected chi connectivity index (χ4v) is 8.77. The lowest BCUT2D eigenvalue weighted by Gasteiger charge is -2.67. The van der Waals surface area contributed by atoms with Gasteiger partial charge in [-0.05, 0) is 37.1 Å². The molecule has 14 nitrogen and oxygen atoms in total. The van der Waals surface area contributed by atoms with Gasteiger partial charge < -0.3 is 38.1 Å². The molecule has 0 aromatic heterocycles. The molecule has 1 aromatic rings. The van der Waals surface area contributed by atoms with Crippen LogP contribution < -0.4 is 0 Å². The van der Waals surface area contributed by atoms with Crippen LogP contribution in [0.15, 0.2) is 41.5 Å². The first-order valence-electron chi connectivity index (χ1n) is 15.7. The van der Waals surface area contributed by atoms with Crippen LogP contribution in [0.3, 0.4) is 0 Å². The Hall–Kier alpha value is -4.30. The van der Waals surface area contributed by atoms with E-state index in [0.717, 1.165) is 0 Å². The molecular weight excluding hydrogens is 630 g/mol. The topological polar surface area (TPSA) is 170 Å². The second-order valence-electron chi connectivity index (χ2n) is 14.0. The third-order valence-electron chi connectivity index (χ3n) is 11.0. The zero-order chi connectivity index (χ0) is 35.1. The van der Waals surface area contributed by atoms with Crippen LogP contribution in [-0.4, -0.2) is 110 Å². The van der Waals surface area contributed by atoms with Crippen molar-refractivity contribution in [1.29, 1.82) is 0 Å². The van der Waals surface area contributed by atoms with Crippen molar-refractivity contribution in [3.05, 3.63) is 47.0 Å². The van der Waals surface area contributed by atoms with Gasteiger partial charge in [-0.15, -0.1) is 0 Å². The number of hydrogen-bond acceptors (Lipinski definition) is 13. The predicted molar refractivity (Wildman–Crippen MR) is 161 cm³/mol. The Morgan fingerprint density at radius 3 is 2.23 bits per heavy atom. The first-order chi connectivity index (χ1) is 22.5. The van der Waals surface area contributed by atoms with E-state index in [9.17, 15) is 24.0 Å². The molecule has 9 atom stereocenters. The molecule has 3 aliphatic carbocycles. The summed E-state index contributed by atoms with van der Waals surface area (Å²) in [5, 5.41) is 0. The number of amides is 1. The quantitative estimate of drug-likeness (QED) is 0.332. The normalized spacial score (nSPS) is 37.6. The van der Waals surface area contributed by atoms with Gasteiger partial charge in [-0.3, -0.25) is 14.4 Å². The Morgan fingerprint density at radius 2 is 1.67 bits per heavy atom. The van der Waals surface area contributed by atoms with Gasteiger partial charge in [-0.2, -0.15) is 0 Å². The highest BCUT2D eigenvalue weighted by atomic mass is 16.8. The van der Waals surface area contributed by atoms with Gasteiger partial charge >= 0.3 is 24.2 Å². The number of hydrogen-bond donors (Lipinski definition) is 0. The zero-order valence-electron chi connectivity index (χ0n) is 28.0. The molecule has 4 fully saturated rings. The molecular formula is C34H39NO13. The van der Waals surface area contributed by atoms with Crippen molar-refractivity contribution in [2.24, 2.45) is 16.7 Å². The highest BCUT2D eigenvalue weighted by Crippen LogP contribution is 2.66. The lowest BCUT2D eigenvalue weighted by molar-refractivity contribution is -0.343. The number of nitrogens with zero attached hydrogens (tertiary/aromatic N) is 1. The van der Waals surface area contributed by atoms with Crippen LogP contribution in [0.4, 0.5) is 9.59 Å². The second-order valence-corrected chi connectivity index (χ2v) is 14.0. The fourth-order valence-electron chi connectivity index (χ4n) is 8.77. The lowest BCUT2D eigenvalue weighted by atomic mass is 9.44. The average molecular weight is 670 g/mol. The van der Waals surface area contributed by atoms with Gasteiger partial charge in [-0.1, -0.05) is 32.0 Å². The van der Waals surface area contributed by atoms with Gasteiger partial charge in [0.1, 0.15) is 18.3 Å². The summed E-state index contributed by atoms with van der Waals surface area (Å²) in [5.74, 6) is -4.36. The van der Waals surface area contributed by atoms with Crippen LogP contribution in [0.25, 0.3) is 0 Å². The number of carbonyl (C=O) groups is 6. The molecule has 6 rings (SSSR count). The molecule has 0 N–H and O–H groups in total. The Bertz CT molecular complexity index is 1630. The summed E-state index contributed by atoms with van der Waals surface area (Å²) in [6.45, 7) is 7.27. The van der Waals surface area contributed by atoms with Gasteiger partial charge in [0, 0.05) is 40.0 Å². The van der Waals surface area contributed by atoms with Crippen molar-refractivity contribution >= 4 is 35.8 Å². The van der Waals surface area contributed by atoms with Crippen molar-refractivity contribution in [1.82, 2.24) is 4.90 Å². The van der Waals surface area contributed by atoms with Crippen LogP contribution in [0, 0.1) is 16.7 Å². The molecule has 5 aliphatic rings. The van der Waals surface area contributed by atoms with E-state index in [0.29, 0.717) is 0 Å². The third kappa shape index (κ3) is 4.30. The number of esters is 2. The number of ether oxygens (including phenoxy) is 7. The van der Waals surface area contributed by atoms with Gasteiger partial charge in [0.05, 0.1) is 23.5 Å². The minimum Gasteiger partial charge on any atom is -0.454 e. The molecule has 258 valence electrons. The first kappa shape index (κ1) is 33.6. The van der Waals surface area contributed by atoms with Crippen LogP contribution in [0.1, 0.15) is 51.4 Å². The Kier molecular flexibility index (Phi) is 7.79. The molecule has 2 heterocycles. The average Bonchev–Trinajstić information content (AvgIpc) is 3.40. The minimum atomic E-state index is -2.13. The smallest absolute Gasteiger partial charge is 0.454 e. The third-order valence-corrected chi connectivity index (χ3v) is 11.0. The molecule has 2 saturated carbocycles. The highest BCUT2D eigenvalue weighted by Gasteiger charge is 2.83. The number of methoxy groups -OCH3 is 1. The van der Waals surface area contributed by atoms with Crippen LogP contribution in [0.5, 0.6) is 0 Å². The van der Waals surface area contributed by atoms with E-state index < -0.39 is 94.2 Å². The van der Waals surface area contributed by atoms with Gasteiger partial charge in [-0.25, -0.2) is 14.4 Å². The largest absolute Gasteiger partial charge is 0.510 e. The van der Waals surface area contributed by atoms with Crippen LogP contribution >= 0.6 is 0 Å². The minimum absolute atomic E-state index is 0.0888. The summed E-state index contributed by atoms with van der Waals surface area (Å²) in [7, 11) is 4.25. The van der Waals surface area contributed by atoms with Crippen LogP contribution in [-0.2, 0) is 47.5 Å². The summed E-state index contributed by atoms with van der Waals surface area (Å²) in [6, 6.07) is 7.96. The molecule has 48 heavy (non-hydrogen) atoms. The predicted octanol–water partition coefficient (Wildman–Crippen LogP) is 2.80. The van der Waals surface area contributed by atoms with E-state index >= 15 is 4.79 Å². The molecule has 1 aromatic carbocycles. The Morgan fingerprint density at radius 1 is 1.00 bits per heavy atom. The van der Waals surface area contributed by atoms with E-state index in [1.165, 1.54) is 59.0 Å². The number of benzene rings is 1. The van der Waals surface area contributed by atoms with E-state index in [2.05, 4.69) is 0 Å². The van der Waals surface area contributed by atoms with E-state index in [-0.39, 0.29) is 29.7 Å². The van der Waals surface area contributed by atoms with Crippen molar-refractivity contribution in [2.45, 2.75) is 82.8 Å². The van der Waals surface area contributed by atoms with E-state index in [1.54, 1.807) is 32.0 Å². The standard InChI is InChI=1S/C34H39NO13/c1-16-21-23(42-8)25(38)32(5)19(44-29(40)35(6)7)14-20-33(15-43-20,47-17(2)36)24(32)27(45-28(39)18-12-10-9-11-13-18)34(31(21,3)4)26(22(16)37)46-30(41)48-34/h9-13,19-20,23-24,26-27H,14-15H2,1-8H3/t19-,20+,23+,24-,26-,27-,32+,33-,34+/m0/s1. The molecule has 1 spiro atoms. The second kappa shape index (κ2) is 11.1. The number of fused-ring (bicyclic) bond motifs is 4. The molecule has 1 amide bonds. The van der Waals surface area contributed by atoms with Crippen LogP contribution in [0.2, 0.25) is 0 Å². The Labute approximate surface area is 276 Å². The SMILES string of the molecule is CO[C@H]1C(=O)[C@]2(C)[C@@H](OC(=O)N(C)C)C[C@H]3OC[C@@]3(OC(C)=O)[C@H]2[C@H](OC(=O)c2ccccc2)[C@]23OC(=O)O[C@H]2C(=O)C(C)=C1C3(C)C. The number of ketones is 2. The number of carbonyl (C=O) groups excluding carboxylic acids is 6. The van der Waals surface area contributed by atoms with Gasteiger partial charge in [0.2, 0.25) is 17.5 Å². The van der Waals surface area contributed by atoms with E-state index in [4.69, 9.17) is 33.2 Å². The maximum atomic E-state index is 15.3. The first-order valence-corrected chi connectivity index (χ1v) is 15.7. The molecule has 14 heteroatoms. The number of Topliss-reactive ketones (excluding diaryl/α,β-unsaturated/α-hetero) is 2. The summed E-state index contributed by atoms with van der Waals surface area (Å²) in [5.41, 5.74) is -6.78. The maximum absolute atomic E-state index is 15.3. The molecule has 2 aliphatic heterocycles. The van der Waals surface area contributed by atoms with E-state index in [1.807, 2.05) is 0 Å². The molecule has 0 unspecified atom stereocenters. The molecule has 2 bridgehead atoms. The summed E-state index contributed by atoms with van der Waals surface area (Å²) in [4.78, 5) is 84.2. The van der Waals surface area contributed by atoms with Gasteiger partial charge in [0.25, 0.3) is 0 Å². The lowest BCUT2D eigenvalue weighted by Crippen LogP contribution is -2.83. The van der Waals surface area contributed by atoms with Crippen molar-refractivity contribution in [2.75, 3.05) is 27.8 Å². The summed E-state index contributed by atoms with van der Waals surface area (Å²) in [6.07, 6.45) is -9.10. The monoisotopic (exact) mass is 669 g/mol. The van der Waals surface area contributed by atoms with Crippen molar-refractivity contribution in [3.63, 3.8) is 0 Å². The highest BCUT2D eigenvalue weighted by molar-refractivity contribution is 6.06. The zero-order valence-corrected chi connectivity index (χ0v) is 28.0.